The molecule has 2 aromatic heterocycles. The fourth-order valence-corrected chi connectivity index (χ4v) is 2.33. The van der Waals surface area contributed by atoms with Gasteiger partial charge in [-0.05, 0) is 12.1 Å². The highest BCUT2D eigenvalue weighted by Gasteiger charge is 2.34. The van der Waals surface area contributed by atoms with E-state index in [1.165, 1.54) is 28.1 Å². The zero-order chi connectivity index (χ0) is 15.6. The van der Waals surface area contributed by atoms with Crippen molar-refractivity contribution >= 4 is 0 Å². The van der Waals surface area contributed by atoms with Crippen molar-refractivity contribution in [3.05, 3.63) is 66.5 Å². The first-order valence-corrected chi connectivity index (χ1v) is 6.55. The Balaban J connectivity index is 2.01. The van der Waals surface area contributed by atoms with E-state index in [1.807, 2.05) is 0 Å². The van der Waals surface area contributed by atoms with Crippen LogP contribution in [0.15, 0.2) is 49.3 Å². The monoisotopic (exact) mass is 305 g/mol. The highest BCUT2D eigenvalue weighted by Crippen LogP contribution is 2.28. The van der Waals surface area contributed by atoms with Crippen LogP contribution in [0.4, 0.5) is 8.78 Å². The minimum atomic E-state index is -1.66. The molecule has 114 valence electrons. The average Bonchev–Trinajstić information content (AvgIpc) is 3.12. The number of aromatic nitrogens is 5. The summed E-state index contributed by atoms with van der Waals surface area (Å²) < 4.78 is 30.1. The fourth-order valence-electron chi connectivity index (χ4n) is 2.33. The molecule has 1 N–H and O–H groups in total. The van der Waals surface area contributed by atoms with Gasteiger partial charge in [-0.3, -0.25) is 4.68 Å². The SMILES string of the molecule is OC(Cn1cccn1)(Cn1cncn1)c1ccc(F)cc1F. The summed E-state index contributed by atoms with van der Waals surface area (Å²) in [7, 11) is 0. The van der Waals surface area contributed by atoms with Crippen LogP contribution in [-0.4, -0.2) is 29.7 Å². The first kappa shape index (κ1) is 14.3. The van der Waals surface area contributed by atoms with Gasteiger partial charge in [0.05, 0.1) is 13.1 Å². The molecule has 3 aromatic rings. The number of rotatable bonds is 5. The van der Waals surface area contributed by atoms with Crippen molar-refractivity contribution in [3.63, 3.8) is 0 Å². The molecule has 0 spiro atoms. The molecule has 1 atom stereocenters. The van der Waals surface area contributed by atoms with Gasteiger partial charge >= 0.3 is 0 Å². The standard InChI is InChI=1S/C14H13F2N5O/c15-11-2-3-12(13(16)6-11)14(22,7-20-5-1-4-18-20)8-21-10-17-9-19-21/h1-6,9-10,22H,7-8H2. The van der Waals surface area contributed by atoms with Crippen LogP contribution in [0, 0.1) is 11.6 Å². The first-order valence-electron chi connectivity index (χ1n) is 6.55. The Morgan fingerprint density at radius 3 is 2.59 bits per heavy atom. The zero-order valence-electron chi connectivity index (χ0n) is 11.5. The molecule has 22 heavy (non-hydrogen) atoms. The third kappa shape index (κ3) is 2.86. The number of hydrogen-bond donors (Lipinski definition) is 1. The maximum Gasteiger partial charge on any atom is 0.137 e. The molecule has 0 aliphatic rings. The van der Waals surface area contributed by atoms with Crippen LogP contribution in [-0.2, 0) is 18.7 Å². The summed E-state index contributed by atoms with van der Waals surface area (Å²) in [5, 5.41) is 18.9. The van der Waals surface area contributed by atoms with E-state index >= 15 is 0 Å². The third-order valence-electron chi connectivity index (χ3n) is 3.31. The smallest absolute Gasteiger partial charge is 0.137 e. The lowest BCUT2D eigenvalue weighted by atomic mass is 9.93. The lowest BCUT2D eigenvalue weighted by Crippen LogP contribution is -2.37. The third-order valence-corrected chi connectivity index (χ3v) is 3.31. The van der Waals surface area contributed by atoms with Gasteiger partial charge in [0.1, 0.15) is 29.9 Å². The lowest BCUT2D eigenvalue weighted by molar-refractivity contribution is -0.00846. The number of benzene rings is 1. The van der Waals surface area contributed by atoms with E-state index in [-0.39, 0.29) is 18.7 Å². The topological polar surface area (TPSA) is 68.8 Å². The summed E-state index contributed by atoms with van der Waals surface area (Å²) in [6.45, 7) is -0.0577. The van der Waals surface area contributed by atoms with Crippen molar-refractivity contribution in [2.24, 2.45) is 0 Å². The zero-order valence-corrected chi connectivity index (χ0v) is 11.5. The molecule has 1 aromatic carbocycles. The molecule has 0 saturated heterocycles. The fraction of sp³-hybridized carbons (Fsp3) is 0.214. The van der Waals surface area contributed by atoms with Crippen molar-refractivity contribution in [3.8, 4) is 0 Å². The second kappa shape index (κ2) is 5.64. The molecule has 0 fully saturated rings. The molecule has 0 bridgehead atoms. The molecule has 0 aliphatic carbocycles. The average molecular weight is 305 g/mol. The van der Waals surface area contributed by atoms with E-state index in [4.69, 9.17) is 0 Å². The number of hydrogen-bond acceptors (Lipinski definition) is 4. The van der Waals surface area contributed by atoms with Gasteiger partial charge in [0.25, 0.3) is 0 Å². The van der Waals surface area contributed by atoms with Crippen LogP contribution in [0.3, 0.4) is 0 Å². The molecular weight excluding hydrogens is 292 g/mol. The van der Waals surface area contributed by atoms with Crippen LogP contribution in [0.25, 0.3) is 0 Å². The van der Waals surface area contributed by atoms with Gasteiger partial charge in [-0.1, -0.05) is 6.07 Å². The van der Waals surface area contributed by atoms with Crippen LogP contribution >= 0.6 is 0 Å². The Morgan fingerprint density at radius 1 is 1.14 bits per heavy atom. The Hall–Kier alpha value is -2.61. The predicted molar refractivity (Wildman–Crippen MR) is 72.5 cm³/mol. The minimum absolute atomic E-state index is 0.0115. The summed E-state index contributed by atoms with van der Waals surface area (Å²) in [4.78, 5) is 3.80. The van der Waals surface area contributed by atoms with Gasteiger partial charge in [0.15, 0.2) is 0 Å². The van der Waals surface area contributed by atoms with E-state index in [2.05, 4.69) is 15.2 Å². The summed E-state index contributed by atoms with van der Waals surface area (Å²) in [6, 6.07) is 4.76. The van der Waals surface area contributed by atoms with Gasteiger partial charge in [-0.2, -0.15) is 10.2 Å². The van der Waals surface area contributed by atoms with Gasteiger partial charge in [-0.15, -0.1) is 0 Å². The normalized spacial score (nSPS) is 14.0. The van der Waals surface area contributed by atoms with Crippen LogP contribution in [0.5, 0.6) is 0 Å². The molecule has 0 radical (unpaired) electrons. The van der Waals surface area contributed by atoms with Crippen LogP contribution in [0.2, 0.25) is 0 Å². The maximum absolute atomic E-state index is 14.1. The van der Waals surface area contributed by atoms with Gasteiger partial charge < -0.3 is 5.11 Å². The Bertz CT molecular complexity index is 706. The molecule has 3 rings (SSSR count). The molecule has 8 heteroatoms. The molecule has 1 unspecified atom stereocenters. The molecule has 2 heterocycles. The van der Waals surface area contributed by atoms with Crippen molar-refractivity contribution in [1.82, 2.24) is 24.5 Å². The Labute approximate surface area is 124 Å². The maximum atomic E-state index is 14.1. The highest BCUT2D eigenvalue weighted by molar-refractivity contribution is 5.25. The summed E-state index contributed by atoms with van der Waals surface area (Å²) in [5.41, 5.74) is -1.68. The van der Waals surface area contributed by atoms with Gasteiger partial charge in [0, 0.05) is 24.0 Å². The molecule has 0 aliphatic heterocycles. The highest BCUT2D eigenvalue weighted by atomic mass is 19.1. The van der Waals surface area contributed by atoms with Crippen molar-refractivity contribution in [1.29, 1.82) is 0 Å². The van der Waals surface area contributed by atoms with Crippen molar-refractivity contribution in [2.75, 3.05) is 0 Å². The number of halogens is 2. The predicted octanol–water partition coefficient (Wildman–Crippen LogP) is 1.34. The molecule has 0 amide bonds. The van der Waals surface area contributed by atoms with E-state index in [9.17, 15) is 13.9 Å². The van der Waals surface area contributed by atoms with Gasteiger partial charge in [0.2, 0.25) is 0 Å². The van der Waals surface area contributed by atoms with Crippen LogP contribution in [0.1, 0.15) is 5.56 Å². The number of aliphatic hydroxyl groups is 1. The summed E-state index contributed by atoms with van der Waals surface area (Å²) in [6.07, 6.45) is 5.93. The second-order valence-electron chi connectivity index (χ2n) is 4.95. The Kier molecular flexibility index (Phi) is 3.68. The van der Waals surface area contributed by atoms with E-state index in [0.717, 1.165) is 12.1 Å². The largest absolute Gasteiger partial charge is 0.381 e. The molecule has 0 saturated carbocycles. The second-order valence-corrected chi connectivity index (χ2v) is 4.95. The van der Waals surface area contributed by atoms with E-state index < -0.39 is 17.2 Å². The van der Waals surface area contributed by atoms with E-state index in [0.29, 0.717) is 0 Å². The van der Waals surface area contributed by atoms with E-state index in [1.54, 1.807) is 18.5 Å². The van der Waals surface area contributed by atoms with Crippen LogP contribution < -0.4 is 0 Å². The molecular formula is C14H13F2N5O. The quantitative estimate of drug-likeness (QED) is 0.772. The minimum Gasteiger partial charge on any atom is -0.381 e. The lowest BCUT2D eigenvalue weighted by Gasteiger charge is -2.28. The van der Waals surface area contributed by atoms with Gasteiger partial charge in [-0.25, -0.2) is 18.4 Å². The number of nitrogens with zero attached hydrogens (tertiary/aromatic N) is 5. The Morgan fingerprint density at radius 2 is 1.95 bits per heavy atom. The summed E-state index contributed by atoms with van der Waals surface area (Å²) in [5.74, 6) is -1.53. The summed E-state index contributed by atoms with van der Waals surface area (Å²) >= 11 is 0. The first-order chi connectivity index (χ1) is 10.6. The van der Waals surface area contributed by atoms with Crippen molar-refractivity contribution in [2.45, 2.75) is 18.7 Å². The molecule has 6 nitrogen and oxygen atoms in total. The van der Waals surface area contributed by atoms with Crippen molar-refractivity contribution < 1.29 is 13.9 Å².